The number of piperazine rings is 1. The molecule has 0 spiro atoms. The molecule has 1 fully saturated rings. The average Bonchev–Trinajstić information content (AvgIpc) is 2.32. The van der Waals surface area contributed by atoms with E-state index in [1.165, 1.54) is 0 Å². The summed E-state index contributed by atoms with van der Waals surface area (Å²) in [4.78, 5) is 18.9. The molecule has 0 unspecified atom stereocenters. The highest BCUT2D eigenvalue weighted by Gasteiger charge is 2.16. The molecule has 0 aliphatic carbocycles. The number of hydrogen-bond donors (Lipinski definition) is 1. The fraction of sp³-hybridized carbons (Fsp3) is 0.455. The van der Waals surface area contributed by atoms with Crippen LogP contribution in [0.5, 0.6) is 0 Å². The largest absolute Gasteiger partial charge is 0.384 e. The van der Waals surface area contributed by atoms with Gasteiger partial charge in [0.15, 0.2) is 0 Å². The highest BCUT2D eigenvalue weighted by Crippen LogP contribution is 2.15. The van der Waals surface area contributed by atoms with Crippen LogP contribution in [0.25, 0.3) is 0 Å². The first-order chi connectivity index (χ1) is 7.79. The molecule has 0 aromatic carbocycles. The lowest BCUT2D eigenvalue weighted by atomic mass is 10.2. The maximum absolute atomic E-state index is 10.4. The Morgan fingerprint density at radius 2 is 2.06 bits per heavy atom. The third kappa shape index (κ3) is 2.49. The number of hydrogen-bond acceptors (Lipinski definition) is 5. The van der Waals surface area contributed by atoms with Gasteiger partial charge < -0.3 is 15.4 Å². The molecule has 0 amide bonds. The highest BCUT2D eigenvalue weighted by atomic mass is 16.1. The van der Waals surface area contributed by atoms with Gasteiger partial charge in [-0.15, -0.1) is 0 Å². The van der Waals surface area contributed by atoms with Gasteiger partial charge in [-0.2, -0.15) is 0 Å². The van der Waals surface area contributed by atoms with Crippen LogP contribution in [-0.2, 0) is 4.79 Å². The van der Waals surface area contributed by atoms with Crippen LogP contribution >= 0.6 is 0 Å². The second-order valence-corrected chi connectivity index (χ2v) is 3.90. The molecule has 5 nitrogen and oxygen atoms in total. The average molecular weight is 220 g/mol. The summed E-state index contributed by atoms with van der Waals surface area (Å²) in [5.41, 5.74) is 6.64. The molecule has 1 aliphatic rings. The van der Waals surface area contributed by atoms with Gasteiger partial charge in [0.1, 0.15) is 12.1 Å². The van der Waals surface area contributed by atoms with Crippen molar-refractivity contribution in [1.82, 2.24) is 9.88 Å². The molecule has 16 heavy (non-hydrogen) atoms. The Labute approximate surface area is 94.9 Å². The maximum atomic E-state index is 10.4. The number of pyridine rings is 1. The van der Waals surface area contributed by atoms with Crippen molar-refractivity contribution in [2.75, 3.05) is 43.4 Å². The molecule has 1 saturated heterocycles. The lowest BCUT2D eigenvalue weighted by molar-refractivity contribution is -0.108. The van der Waals surface area contributed by atoms with Crippen LogP contribution in [0.4, 0.5) is 11.5 Å². The molecule has 1 aromatic heterocycles. The summed E-state index contributed by atoms with van der Waals surface area (Å²) in [5.74, 6) is 0.545. The molecule has 2 heterocycles. The number of nitrogens with two attached hydrogens (primary N) is 1. The monoisotopic (exact) mass is 220 g/mol. The summed E-state index contributed by atoms with van der Waals surface area (Å²) >= 11 is 0. The minimum Gasteiger partial charge on any atom is -0.384 e. The van der Waals surface area contributed by atoms with Gasteiger partial charge in [-0.05, 0) is 12.1 Å². The number of aldehydes is 1. The lowest BCUT2D eigenvalue weighted by Gasteiger charge is -2.34. The van der Waals surface area contributed by atoms with Crippen LogP contribution in [0, 0.1) is 0 Å². The van der Waals surface area contributed by atoms with Gasteiger partial charge in [-0.25, -0.2) is 4.98 Å². The molecule has 0 bridgehead atoms. The van der Waals surface area contributed by atoms with E-state index in [-0.39, 0.29) is 0 Å². The highest BCUT2D eigenvalue weighted by molar-refractivity contribution is 5.52. The van der Waals surface area contributed by atoms with E-state index in [1.54, 1.807) is 6.20 Å². The topological polar surface area (TPSA) is 62.5 Å². The molecule has 0 radical (unpaired) electrons. The van der Waals surface area contributed by atoms with Gasteiger partial charge in [0.05, 0.1) is 18.4 Å². The Hall–Kier alpha value is -1.62. The van der Waals surface area contributed by atoms with Gasteiger partial charge in [-0.3, -0.25) is 4.90 Å². The molecule has 0 saturated carbocycles. The Kier molecular flexibility index (Phi) is 3.36. The molecule has 1 aliphatic heterocycles. The molecule has 2 N–H and O–H groups in total. The third-order valence-electron chi connectivity index (χ3n) is 2.84. The minimum absolute atomic E-state index is 0.536. The van der Waals surface area contributed by atoms with Crippen LogP contribution in [0.15, 0.2) is 18.3 Å². The molecular formula is C11H16N4O. The molecule has 86 valence electrons. The van der Waals surface area contributed by atoms with Crippen molar-refractivity contribution in [3.05, 3.63) is 18.3 Å². The molecule has 2 rings (SSSR count). The predicted molar refractivity (Wildman–Crippen MR) is 63.4 cm³/mol. The van der Waals surface area contributed by atoms with Crippen molar-refractivity contribution in [2.24, 2.45) is 0 Å². The zero-order valence-electron chi connectivity index (χ0n) is 9.17. The summed E-state index contributed by atoms with van der Waals surface area (Å²) in [7, 11) is 0. The fourth-order valence-electron chi connectivity index (χ4n) is 1.88. The van der Waals surface area contributed by atoms with Crippen molar-refractivity contribution in [2.45, 2.75) is 0 Å². The summed E-state index contributed by atoms with van der Waals surface area (Å²) < 4.78 is 0. The molecule has 5 heteroatoms. The van der Waals surface area contributed by atoms with E-state index in [0.29, 0.717) is 12.4 Å². The number of nitrogen functional groups attached to an aromatic ring is 1. The summed E-state index contributed by atoms with van der Waals surface area (Å²) in [6.07, 6.45) is 2.76. The number of anilines is 2. The van der Waals surface area contributed by atoms with Crippen molar-refractivity contribution >= 4 is 17.8 Å². The van der Waals surface area contributed by atoms with Crippen LogP contribution in [-0.4, -0.2) is 48.9 Å². The van der Waals surface area contributed by atoms with Crippen LogP contribution < -0.4 is 10.6 Å². The first kappa shape index (κ1) is 10.9. The SMILES string of the molecule is Nc1ccc(N2CCN(CC=O)CC2)cn1. The second-order valence-electron chi connectivity index (χ2n) is 3.90. The maximum Gasteiger partial charge on any atom is 0.133 e. The first-order valence-corrected chi connectivity index (χ1v) is 5.42. The summed E-state index contributed by atoms with van der Waals surface area (Å²) in [5, 5.41) is 0. The van der Waals surface area contributed by atoms with Crippen LogP contribution in [0.1, 0.15) is 0 Å². The minimum atomic E-state index is 0.536. The molecule has 1 aromatic rings. The van der Waals surface area contributed by atoms with Gasteiger partial charge >= 0.3 is 0 Å². The van der Waals surface area contributed by atoms with Gasteiger partial charge in [-0.1, -0.05) is 0 Å². The number of carbonyl (C=O) groups excluding carboxylic acids is 1. The molecule has 0 atom stereocenters. The quantitative estimate of drug-likeness (QED) is 0.726. The number of aromatic nitrogens is 1. The van der Waals surface area contributed by atoms with Crippen LogP contribution in [0.2, 0.25) is 0 Å². The number of nitrogens with zero attached hydrogens (tertiary/aromatic N) is 3. The van der Waals surface area contributed by atoms with E-state index in [4.69, 9.17) is 5.73 Å². The van der Waals surface area contributed by atoms with E-state index in [0.717, 1.165) is 38.2 Å². The van der Waals surface area contributed by atoms with E-state index in [9.17, 15) is 4.79 Å². The standard InChI is InChI=1S/C11H16N4O/c12-11-2-1-10(9-13-11)15-5-3-14(4-6-15)7-8-16/h1-2,8-9H,3-7H2,(H2,12,13). The first-order valence-electron chi connectivity index (χ1n) is 5.42. The van der Waals surface area contributed by atoms with Gasteiger partial charge in [0.2, 0.25) is 0 Å². The van der Waals surface area contributed by atoms with Gasteiger partial charge in [0, 0.05) is 26.2 Å². The predicted octanol–water partition coefficient (Wildman–Crippen LogP) is -0.0153. The Morgan fingerprint density at radius 1 is 1.31 bits per heavy atom. The summed E-state index contributed by atoms with van der Waals surface area (Å²) in [6.45, 7) is 4.24. The lowest BCUT2D eigenvalue weighted by Crippen LogP contribution is -2.46. The number of rotatable bonds is 3. The normalized spacial score (nSPS) is 17.4. The Bertz CT molecular complexity index is 344. The van der Waals surface area contributed by atoms with Crippen molar-refractivity contribution in [1.29, 1.82) is 0 Å². The van der Waals surface area contributed by atoms with Crippen molar-refractivity contribution in [3.63, 3.8) is 0 Å². The number of carbonyl (C=O) groups is 1. The van der Waals surface area contributed by atoms with E-state index < -0.39 is 0 Å². The molecular weight excluding hydrogens is 204 g/mol. The fourth-order valence-corrected chi connectivity index (χ4v) is 1.88. The van der Waals surface area contributed by atoms with Gasteiger partial charge in [0.25, 0.3) is 0 Å². The Balaban J connectivity index is 1.93. The smallest absolute Gasteiger partial charge is 0.133 e. The third-order valence-corrected chi connectivity index (χ3v) is 2.84. The second kappa shape index (κ2) is 4.94. The van der Waals surface area contributed by atoms with E-state index >= 15 is 0 Å². The van der Waals surface area contributed by atoms with Crippen molar-refractivity contribution in [3.8, 4) is 0 Å². The zero-order valence-corrected chi connectivity index (χ0v) is 9.17. The van der Waals surface area contributed by atoms with E-state index in [1.807, 2.05) is 12.1 Å². The zero-order chi connectivity index (χ0) is 11.4. The van der Waals surface area contributed by atoms with Crippen LogP contribution in [0.3, 0.4) is 0 Å². The van der Waals surface area contributed by atoms with E-state index in [2.05, 4.69) is 14.8 Å². The Morgan fingerprint density at radius 3 is 2.62 bits per heavy atom. The van der Waals surface area contributed by atoms with Crippen molar-refractivity contribution < 1.29 is 4.79 Å². The summed E-state index contributed by atoms with van der Waals surface area (Å²) in [6, 6.07) is 3.80.